The Kier molecular flexibility index (Phi) is 6.79. The molecule has 2 rings (SSSR count). The summed E-state index contributed by atoms with van der Waals surface area (Å²) >= 11 is 0. The molecule has 148 valence electrons. The molecule has 0 radical (unpaired) electrons. The van der Waals surface area contributed by atoms with Crippen molar-refractivity contribution in [2.75, 3.05) is 19.0 Å². The van der Waals surface area contributed by atoms with Gasteiger partial charge in [-0.3, -0.25) is 20.2 Å². The van der Waals surface area contributed by atoms with Gasteiger partial charge < -0.3 is 14.8 Å². The average molecular weight is 390 g/mol. The van der Waals surface area contributed by atoms with Crippen molar-refractivity contribution in [1.82, 2.24) is 4.98 Å². The van der Waals surface area contributed by atoms with Crippen molar-refractivity contribution in [2.45, 2.75) is 19.4 Å². The van der Waals surface area contributed by atoms with Crippen LogP contribution in [0.4, 0.5) is 17.2 Å². The van der Waals surface area contributed by atoms with E-state index in [2.05, 4.69) is 10.3 Å². The molecule has 0 fully saturated rings. The topological polar surface area (TPSA) is 147 Å². The van der Waals surface area contributed by atoms with Crippen LogP contribution in [0.2, 0.25) is 0 Å². The van der Waals surface area contributed by atoms with Gasteiger partial charge in [0, 0.05) is 18.2 Å². The van der Waals surface area contributed by atoms with E-state index in [0.29, 0.717) is 12.2 Å². The maximum atomic E-state index is 12.2. The van der Waals surface area contributed by atoms with Gasteiger partial charge in [0.25, 0.3) is 5.69 Å². The molecular formula is C17H18N4O7. The van der Waals surface area contributed by atoms with Gasteiger partial charge >= 0.3 is 11.7 Å². The van der Waals surface area contributed by atoms with Gasteiger partial charge in [0.05, 0.1) is 28.6 Å². The quantitative estimate of drug-likeness (QED) is 0.387. The summed E-state index contributed by atoms with van der Waals surface area (Å²) in [4.78, 5) is 36.6. The van der Waals surface area contributed by atoms with Crippen LogP contribution in [0.1, 0.15) is 23.7 Å². The Morgan fingerprint density at radius 2 is 1.96 bits per heavy atom. The van der Waals surface area contributed by atoms with Crippen LogP contribution in [0, 0.1) is 20.2 Å². The van der Waals surface area contributed by atoms with Gasteiger partial charge in [0.15, 0.2) is 5.75 Å². The highest BCUT2D eigenvalue weighted by atomic mass is 16.6. The number of hydrogen-bond acceptors (Lipinski definition) is 9. The fourth-order valence-electron chi connectivity index (χ4n) is 2.27. The first-order valence-electron chi connectivity index (χ1n) is 8.22. The Hall–Kier alpha value is -3.76. The summed E-state index contributed by atoms with van der Waals surface area (Å²) < 4.78 is 10.2. The maximum absolute atomic E-state index is 12.2. The molecule has 0 amide bonds. The van der Waals surface area contributed by atoms with Gasteiger partial charge in [0.1, 0.15) is 18.6 Å². The van der Waals surface area contributed by atoms with Gasteiger partial charge in [-0.05, 0) is 18.6 Å². The molecule has 0 saturated carbocycles. The summed E-state index contributed by atoms with van der Waals surface area (Å²) in [5.74, 6) is -0.296. The third-order valence-corrected chi connectivity index (χ3v) is 3.83. The lowest BCUT2D eigenvalue weighted by molar-refractivity contribution is -0.385. The van der Waals surface area contributed by atoms with E-state index >= 15 is 0 Å². The fourth-order valence-corrected chi connectivity index (χ4v) is 2.27. The van der Waals surface area contributed by atoms with Gasteiger partial charge in [-0.15, -0.1) is 0 Å². The number of methoxy groups -OCH3 is 1. The fraction of sp³-hybridized carbons (Fsp3) is 0.294. The molecule has 1 unspecified atom stereocenters. The molecule has 1 N–H and O–H groups in total. The number of pyridine rings is 1. The second kappa shape index (κ2) is 9.26. The number of carbonyl (C=O) groups excluding carboxylic acids is 1. The highest BCUT2D eigenvalue weighted by Crippen LogP contribution is 2.27. The van der Waals surface area contributed by atoms with Crippen molar-refractivity contribution in [1.29, 1.82) is 0 Å². The van der Waals surface area contributed by atoms with E-state index in [9.17, 15) is 25.0 Å². The van der Waals surface area contributed by atoms with E-state index in [0.717, 1.165) is 6.20 Å². The second-order valence-corrected chi connectivity index (χ2v) is 5.65. The van der Waals surface area contributed by atoms with E-state index in [1.54, 1.807) is 0 Å². The van der Waals surface area contributed by atoms with E-state index in [1.807, 2.05) is 6.92 Å². The van der Waals surface area contributed by atoms with Crippen LogP contribution in [0.15, 0.2) is 36.5 Å². The third kappa shape index (κ3) is 5.13. The van der Waals surface area contributed by atoms with Crippen molar-refractivity contribution in [3.63, 3.8) is 0 Å². The number of carbonyl (C=O) groups is 1. The summed E-state index contributed by atoms with van der Waals surface area (Å²) in [5, 5.41) is 24.6. The molecule has 1 aromatic carbocycles. The van der Waals surface area contributed by atoms with Crippen LogP contribution in [0.25, 0.3) is 0 Å². The number of ether oxygens (including phenoxy) is 2. The summed E-state index contributed by atoms with van der Waals surface area (Å²) in [7, 11) is 1.27. The number of esters is 1. The molecule has 0 saturated heterocycles. The summed E-state index contributed by atoms with van der Waals surface area (Å²) in [5.41, 5.74) is -0.265. The molecule has 11 heteroatoms. The minimum Gasteiger partial charge on any atom is -0.490 e. The van der Waals surface area contributed by atoms with Gasteiger partial charge in [0.2, 0.25) is 0 Å². The predicted octanol–water partition coefficient (Wildman–Crippen LogP) is 2.95. The first-order chi connectivity index (χ1) is 13.3. The lowest BCUT2D eigenvalue weighted by Crippen LogP contribution is -2.26. The van der Waals surface area contributed by atoms with Crippen LogP contribution in [0.3, 0.4) is 0 Å². The van der Waals surface area contributed by atoms with Crippen molar-refractivity contribution in [3.8, 4) is 5.75 Å². The lowest BCUT2D eigenvalue weighted by atomic mass is 10.2. The van der Waals surface area contributed by atoms with Crippen molar-refractivity contribution in [3.05, 3.63) is 62.3 Å². The lowest BCUT2D eigenvalue weighted by Gasteiger charge is -2.17. The molecule has 0 spiro atoms. The van der Waals surface area contributed by atoms with Crippen LogP contribution in [-0.4, -0.2) is 40.6 Å². The van der Waals surface area contributed by atoms with E-state index in [4.69, 9.17) is 9.47 Å². The molecule has 0 aliphatic heterocycles. The highest BCUT2D eigenvalue weighted by Gasteiger charge is 2.19. The number of rotatable bonds is 9. The van der Waals surface area contributed by atoms with E-state index in [-0.39, 0.29) is 35.3 Å². The van der Waals surface area contributed by atoms with Crippen LogP contribution in [-0.2, 0) is 4.74 Å². The number of nitro groups is 2. The Labute approximate surface area is 159 Å². The third-order valence-electron chi connectivity index (χ3n) is 3.83. The first kappa shape index (κ1) is 20.6. The van der Waals surface area contributed by atoms with Crippen LogP contribution >= 0.6 is 0 Å². The van der Waals surface area contributed by atoms with Crippen molar-refractivity contribution in [2.24, 2.45) is 0 Å². The smallest absolute Gasteiger partial charge is 0.338 e. The molecule has 28 heavy (non-hydrogen) atoms. The molecule has 1 atom stereocenters. The number of nitrogens with one attached hydrogen (secondary N) is 1. The zero-order valence-corrected chi connectivity index (χ0v) is 15.2. The zero-order chi connectivity index (χ0) is 20.7. The highest BCUT2D eigenvalue weighted by molar-refractivity contribution is 5.90. The SMILES string of the molecule is CCC(COC(=O)c1ccc([N+](=O)[O-])c(OC)c1)Nc1ccc([N+](=O)[O-])cn1. The Morgan fingerprint density at radius 1 is 1.21 bits per heavy atom. The molecule has 0 aliphatic carbocycles. The first-order valence-corrected chi connectivity index (χ1v) is 8.22. The number of benzene rings is 1. The summed E-state index contributed by atoms with van der Waals surface area (Å²) in [6.07, 6.45) is 1.72. The minimum atomic E-state index is -0.662. The molecule has 1 heterocycles. The largest absolute Gasteiger partial charge is 0.490 e. The Morgan fingerprint density at radius 3 is 2.50 bits per heavy atom. The molecule has 0 aliphatic rings. The van der Waals surface area contributed by atoms with Crippen LogP contribution in [0.5, 0.6) is 5.75 Å². The number of aromatic nitrogens is 1. The molecule has 2 aromatic rings. The summed E-state index contributed by atoms with van der Waals surface area (Å²) in [6, 6.07) is 6.20. The molecule has 11 nitrogen and oxygen atoms in total. The standard InChI is InChI=1S/C17H18N4O7/c1-3-12(19-16-7-5-13(9-18-16)20(23)24)10-28-17(22)11-4-6-14(21(25)26)15(8-11)27-2/h4-9,12H,3,10H2,1-2H3,(H,18,19). The second-order valence-electron chi connectivity index (χ2n) is 5.65. The predicted molar refractivity (Wildman–Crippen MR) is 98.5 cm³/mol. The number of nitro benzene ring substituents is 1. The average Bonchev–Trinajstić information content (AvgIpc) is 2.70. The number of nitrogens with zero attached hydrogens (tertiary/aromatic N) is 3. The van der Waals surface area contributed by atoms with Crippen LogP contribution < -0.4 is 10.1 Å². The van der Waals surface area contributed by atoms with Crippen molar-refractivity contribution >= 4 is 23.2 Å². The van der Waals surface area contributed by atoms with Gasteiger partial charge in [-0.1, -0.05) is 6.92 Å². The maximum Gasteiger partial charge on any atom is 0.338 e. The molecular weight excluding hydrogens is 372 g/mol. The number of hydrogen-bond donors (Lipinski definition) is 1. The monoisotopic (exact) mass is 390 g/mol. The van der Waals surface area contributed by atoms with Crippen molar-refractivity contribution < 1.29 is 24.1 Å². The normalized spacial score (nSPS) is 11.4. The molecule has 0 bridgehead atoms. The summed E-state index contributed by atoms with van der Waals surface area (Å²) in [6.45, 7) is 1.87. The Bertz CT molecular complexity index is 870. The van der Waals surface area contributed by atoms with Gasteiger partial charge in [-0.25, -0.2) is 9.78 Å². The van der Waals surface area contributed by atoms with E-state index in [1.165, 1.54) is 37.4 Å². The minimum absolute atomic E-state index is 0.00725. The Balaban J connectivity index is 1.99. The molecule has 1 aromatic heterocycles. The van der Waals surface area contributed by atoms with Gasteiger partial charge in [-0.2, -0.15) is 0 Å². The zero-order valence-electron chi connectivity index (χ0n) is 15.2. The number of anilines is 1. The van der Waals surface area contributed by atoms with E-state index < -0.39 is 15.8 Å².